The van der Waals surface area contributed by atoms with Gasteiger partial charge in [0.1, 0.15) is 11.6 Å². The van der Waals surface area contributed by atoms with Gasteiger partial charge in [-0.2, -0.15) is 0 Å². The zero-order chi connectivity index (χ0) is 15.0. The Balaban J connectivity index is 2.23. The number of hydrogen-bond acceptors (Lipinski definition) is 3. The van der Waals surface area contributed by atoms with E-state index in [2.05, 4.69) is 21.4 Å². The molecule has 0 aliphatic carbocycles. The van der Waals surface area contributed by atoms with Gasteiger partial charge in [-0.1, -0.05) is 11.6 Å². The van der Waals surface area contributed by atoms with Crippen LogP contribution in [0.2, 0.25) is 0 Å². The van der Waals surface area contributed by atoms with Crippen LogP contribution >= 0.6 is 0 Å². The summed E-state index contributed by atoms with van der Waals surface area (Å²) in [4.78, 5) is 9.15. The van der Waals surface area contributed by atoms with Gasteiger partial charge in [0.15, 0.2) is 5.82 Å². The minimum Gasteiger partial charge on any atom is -0.373 e. The molecule has 3 rings (SSSR count). The Morgan fingerprint density at radius 1 is 1.00 bits per heavy atom. The molecule has 0 unspecified atom stereocenters. The molecule has 2 aromatic carbocycles. The number of aromatic nitrogens is 2. The van der Waals surface area contributed by atoms with Crippen molar-refractivity contribution in [3.05, 3.63) is 53.3 Å². The first-order chi connectivity index (χ1) is 10.1. The van der Waals surface area contributed by atoms with Crippen LogP contribution < -0.4 is 5.32 Å². The molecule has 0 atom stereocenters. The third-order valence-corrected chi connectivity index (χ3v) is 3.50. The molecule has 0 fully saturated rings. The summed E-state index contributed by atoms with van der Waals surface area (Å²) in [5.74, 6) is 1.16. The molecule has 1 N–H and O–H groups in total. The van der Waals surface area contributed by atoms with Gasteiger partial charge in [0.2, 0.25) is 0 Å². The zero-order valence-corrected chi connectivity index (χ0v) is 12.2. The molecular formula is C17H16FN3. The van der Waals surface area contributed by atoms with Crippen LogP contribution in [0, 0.1) is 19.7 Å². The van der Waals surface area contributed by atoms with Crippen LogP contribution in [0.4, 0.5) is 10.2 Å². The fourth-order valence-electron chi connectivity index (χ4n) is 2.35. The van der Waals surface area contributed by atoms with E-state index in [-0.39, 0.29) is 5.82 Å². The first-order valence-electron chi connectivity index (χ1n) is 6.81. The molecule has 0 amide bonds. The molecule has 0 bridgehead atoms. The number of anilines is 1. The Kier molecular flexibility index (Phi) is 3.29. The van der Waals surface area contributed by atoms with Crippen LogP contribution in [0.1, 0.15) is 11.1 Å². The van der Waals surface area contributed by atoms with Gasteiger partial charge >= 0.3 is 0 Å². The molecule has 0 radical (unpaired) electrons. The van der Waals surface area contributed by atoms with Crippen molar-refractivity contribution in [3.8, 4) is 11.4 Å². The Bertz CT molecular complexity index is 828. The van der Waals surface area contributed by atoms with E-state index in [9.17, 15) is 4.39 Å². The summed E-state index contributed by atoms with van der Waals surface area (Å²) >= 11 is 0. The largest absolute Gasteiger partial charge is 0.373 e. The fourth-order valence-corrected chi connectivity index (χ4v) is 2.35. The van der Waals surface area contributed by atoms with Gasteiger partial charge in [-0.3, -0.25) is 0 Å². The highest BCUT2D eigenvalue weighted by Crippen LogP contribution is 2.26. The topological polar surface area (TPSA) is 37.8 Å². The molecule has 4 heteroatoms. The van der Waals surface area contributed by atoms with Crippen LogP contribution in [0.3, 0.4) is 0 Å². The standard InChI is InChI=1S/C17H16FN3/c1-10-4-7-15-13(8-10)17(19-3)21-16(20-15)12-5-6-14(18)11(2)9-12/h4-9H,1-3H3,(H,19,20,21). The minimum absolute atomic E-state index is 0.219. The molecule has 3 aromatic rings. The third kappa shape index (κ3) is 2.44. The van der Waals surface area contributed by atoms with E-state index in [1.807, 2.05) is 26.1 Å². The maximum atomic E-state index is 13.4. The van der Waals surface area contributed by atoms with Gasteiger partial charge in [-0.25, -0.2) is 14.4 Å². The van der Waals surface area contributed by atoms with Crippen molar-refractivity contribution in [2.75, 3.05) is 12.4 Å². The predicted molar refractivity (Wildman–Crippen MR) is 84.0 cm³/mol. The number of rotatable bonds is 2. The summed E-state index contributed by atoms with van der Waals surface area (Å²) in [5.41, 5.74) is 3.43. The van der Waals surface area contributed by atoms with E-state index in [0.29, 0.717) is 11.4 Å². The summed E-state index contributed by atoms with van der Waals surface area (Å²) < 4.78 is 13.4. The molecular weight excluding hydrogens is 265 g/mol. The van der Waals surface area contributed by atoms with Gasteiger partial charge < -0.3 is 5.32 Å². The van der Waals surface area contributed by atoms with Crippen molar-refractivity contribution in [1.29, 1.82) is 0 Å². The third-order valence-electron chi connectivity index (χ3n) is 3.50. The Labute approximate surface area is 122 Å². The van der Waals surface area contributed by atoms with Crippen molar-refractivity contribution in [3.63, 3.8) is 0 Å². The summed E-state index contributed by atoms with van der Waals surface area (Å²) in [6, 6.07) is 11.0. The van der Waals surface area contributed by atoms with Crippen LogP contribution in [0.5, 0.6) is 0 Å². The van der Waals surface area contributed by atoms with Crippen LogP contribution in [-0.2, 0) is 0 Å². The molecule has 3 nitrogen and oxygen atoms in total. The van der Waals surface area contributed by atoms with Crippen molar-refractivity contribution >= 4 is 16.7 Å². The van der Waals surface area contributed by atoms with Crippen molar-refractivity contribution < 1.29 is 4.39 Å². The molecule has 21 heavy (non-hydrogen) atoms. The fraction of sp³-hybridized carbons (Fsp3) is 0.176. The number of fused-ring (bicyclic) bond motifs is 1. The van der Waals surface area contributed by atoms with Gasteiger partial charge in [0.25, 0.3) is 0 Å². The number of benzene rings is 2. The maximum Gasteiger partial charge on any atom is 0.162 e. The predicted octanol–water partition coefficient (Wildman–Crippen LogP) is 4.09. The number of nitrogens with one attached hydrogen (secondary N) is 1. The van der Waals surface area contributed by atoms with Gasteiger partial charge in [-0.15, -0.1) is 0 Å². The average molecular weight is 281 g/mol. The molecule has 1 heterocycles. The normalized spacial score (nSPS) is 10.9. The van der Waals surface area contributed by atoms with E-state index in [1.54, 1.807) is 19.1 Å². The average Bonchev–Trinajstić information content (AvgIpc) is 2.49. The maximum absolute atomic E-state index is 13.4. The highest BCUT2D eigenvalue weighted by molar-refractivity contribution is 5.91. The van der Waals surface area contributed by atoms with Crippen LogP contribution in [0.15, 0.2) is 36.4 Å². The molecule has 0 aliphatic heterocycles. The minimum atomic E-state index is -0.219. The summed E-state index contributed by atoms with van der Waals surface area (Å²) in [5, 5.41) is 4.09. The Morgan fingerprint density at radius 2 is 1.81 bits per heavy atom. The SMILES string of the molecule is CNc1nc(-c2ccc(F)c(C)c2)nc2ccc(C)cc12. The number of aryl methyl sites for hydroxylation is 2. The second-order valence-corrected chi connectivity index (χ2v) is 5.13. The molecule has 1 aromatic heterocycles. The lowest BCUT2D eigenvalue weighted by atomic mass is 10.1. The molecule has 0 saturated heterocycles. The lowest BCUT2D eigenvalue weighted by molar-refractivity contribution is 0.618. The van der Waals surface area contributed by atoms with E-state index < -0.39 is 0 Å². The summed E-state index contributed by atoms with van der Waals surface area (Å²) in [6.45, 7) is 3.78. The van der Waals surface area contributed by atoms with Crippen LogP contribution in [-0.4, -0.2) is 17.0 Å². The number of hydrogen-bond donors (Lipinski definition) is 1. The second kappa shape index (κ2) is 5.13. The Hall–Kier alpha value is -2.49. The zero-order valence-electron chi connectivity index (χ0n) is 12.2. The molecule has 0 aliphatic rings. The Morgan fingerprint density at radius 3 is 2.52 bits per heavy atom. The van der Waals surface area contributed by atoms with E-state index in [0.717, 1.165) is 27.8 Å². The first kappa shape index (κ1) is 13.5. The van der Waals surface area contributed by atoms with E-state index in [4.69, 9.17) is 0 Å². The molecule has 0 spiro atoms. The lowest BCUT2D eigenvalue weighted by Crippen LogP contribution is -1.99. The van der Waals surface area contributed by atoms with Crippen LogP contribution in [0.25, 0.3) is 22.3 Å². The highest BCUT2D eigenvalue weighted by atomic mass is 19.1. The monoisotopic (exact) mass is 281 g/mol. The van der Waals surface area contributed by atoms with Gasteiger partial charge in [0, 0.05) is 18.0 Å². The smallest absolute Gasteiger partial charge is 0.162 e. The van der Waals surface area contributed by atoms with Gasteiger partial charge in [-0.05, 0) is 49.7 Å². The van der Waals surface area contributed by atoms with Crippen molar-refractivity contribution in [2.45, 2.75) is 13.8 Å². The molecule has 0 saturated carbocycles. The lowest BCUT2D eigenvalue weighted by Gasteiger charge is -2.09. The highest BCUT2D eigenvalue weighted by Gasteiger charge is 2.10. The first-order valence-corrected chi connectivity index (χ1v) is 6.81. The van der Waals surface area contributed by atoms with E-state index in [1.165, 1.54) is 6.07 Å². The summed E-state index contributed by atoms with van der Waals surface area (Å²) in [6.07, 6.45) is 0. The van der Waals surface area contributed by atoms with Crippen molar-refractivity contribution in [2.24, 2.45) is 0 Å². The molecule has 106 valence electrons. The summed E-state index contributed by atoms with van der Waals surface area (Å²) in [7, 11) is 1.84. The quantitative estimate of drug-likeness (QED) is 0.768. The number of halogens is 1. The number of nitrogens with zero attached hydrogens (tertiary/aromatic N) is 2. The van der Waals surface area contributed by atoms with Gasteiger partial charge in [0.05, 0.1) is 5.52 Å². The second-order valence-electron chi connectivity index (χ2n) is 5.13. The van der Waals surface area contributed by atoms with Crippen molar-refractivity contribution in [1.82, 2.24) is 9.97 Å². The van der Waals surface area contributed by atoms with E-state index >= 15 is 0 Å².